The van der Waals surface area contributed by atoms with Gasteiger partial charge in [0.05, 0.1) is 0 Å². The zero-order valence-electron chi connectivity index (χ0n) is 20.0. The van der Waals surface area contributed by atoms with E-state index in [1.54, 1.807) is 0 Å². The first-order valence-corrected chi connectivity index (χ1v) is 12.7. The SMILES string of the molecule is O=C1CC[C@@](CCC(=O)N2CCC[C@H](C(=O)c3ccccc3)C2)(Cc2ccc3ccccc3c2)N1. The van der Waals surface area contributed by atoms with Crippen molar-refractivity contribution in [1.82, 2.24) is 10.2 Å². The number of carbonyl (C=O) groups excluding carboxylic acids is 3. The first-order valence-electron chi connectivity index (χ1n) is 12.7. The van der Waals surface area contributed by atoms with Crippen molar-refractivity contribution in [3.05, 3.63) is 83.9 Å². The zero-order chi connectivity index (χ0) is 24.3. The monoisotopic (exact) mass is 468 g/mol. The Kier molecular flexibility index (Phi) is 6.67. The van der Waals surface area contributed by atoms with E-state index in [4.69, 9.17) is 0 Å². The minimum atomic E-state index is -0.399. The van der Waals surface area contributed by atoms with Gasteiger partial charge in [-0.3, -0.25) is 14.4 Å². The van der Waals surface area contributed by atoms with Crippen LogP contribution in [0.5, 0.6) is 0 Å². The number of benzene rings is 3. The predicted octanol–water partition coefficient (Wildman–Crippen LogP) is 4.93. The molecule has 5 rings (SSSR count). The van der Waals surface area contributed by atoms with Gasteiger partial charge in [-0.1, -0.05) is 72.8 Å². The first-order chi connectivity index (χ1) is 17.0. The highest BCUT2D eigenvalue weighted by molar-refractivity contribution is 5.98. The minimum Gasteiger partial charge on any atom is -0.350 e. The third-order valence-electron chi connectivity index (χ3n) is 7.61. The van der Waals surface area contributed by atoms with Gasteiger partial charge in [-0.25, -0.2) is 0 Å². The van der Waals surface area contributed by atoms with E-state index < -0.39 is 5.54 Å². The first kappa shape index (κ1) is 23.3. The minimum absolute atomic E-state index is 0.0599. The molecule has 2 saturated heterocycles. The lowest BCUT2D eigenvalue weighted by Crippen LogP contribution is -2.46. The average Bonchev–Trinajstić information content (AvgIpc) is 3.27. The molecule has 2 amide bonds. The number of carbonyl (C=O) groups is 3. The van der Waals surface area contributed by atoms with Crippen molar-refractivity contribution in [2.75, 3.05) is 13.1 Å². The number of nitrogens with zero attached hydrogens (tertiary/aromatic N) is 1. The summed E-state index contributed by atoms with van der Waals surface area (Å²) >= 11 is 0. The van der Waals surface area contributed by atoms with Crippen molar-refractivity contribution in [3.8, 4) is 0 Å². The Hall–Kier alpha value is -3.47. The quantitative estimate of drug-likeness (QED) is 0.500. The van der Waals surface area contributed by atoms with Gasteiger partial charge in [0, 0.05) is 43.0 Å². The lowest BCUT2D eigenvalue weighted by Gasteiger charge is -2.34. The van der Waals surface area contributed by atoms with Crippen molar-refractivity contribution in [1.29, 1.82) is 0 Å². The molecule has 0 spiro atoms. The van der Waals surface area contributed by atoms with Crippen LogP contribution in [0.3, 0.4) is 0 Å². The molecule has 5 nitrogen and oxygen atoms in total. The normalized spacial score (nSPS) is 22.2. The topological polar surface area (TPSA) is 66.5 Å². The molecule has 2 fully saturated rings. The number of nitrogens with one attached hydrogen (secondary N) is 1. The van der Waals surface area contributed by atoms with Crippen LogP contribution in [0.25, 0.3) is 10.8 Å². The Labute approximate surface area is 206 Å². The Morgan fingerprint density at radius 2 is 1.74 bits per heavy atom. The maximum atomic E-state index is 13.2. The number of ketones is 1. The van der Waals surface area contributed by atoms with E-state index in [2.05, 4.69) is 35.6 Å². The standard InChI is InChI=1S/C30H32N2O3/c33-27-14-16-30(31-27,20-22-12-13-23-7-4-5-10-25(23)19-22)17-15-28(34)32-18-6-11-26(21-32)29(35)24-8-2-1-3-9-24/h1-5,7-10,12-13,19,26H,6,11,14-18,20-21H2,(H,31,33)/t26-,30+/m0/s1. The molecule has 2 heterocycles. The Bertz CT molecular complexity index is 1240. The van der Waals surface area contributed by atoms with Crippen molar-refractivity contribution in [3.63, 3.8) is 0 Å². The molecule has 3 aromatic carbocycles. The van der Waals surface area contributed by atoms with E-state index in [0.717, 1.165) is 24.8 Å². The van der Waals surface area contributed by atoms with Gasteiger partial charge >= 0.3 is 0 Å². The number of piperidine rings is 1. The summed E-state index contributed by atoms with van der Waals surface area (Å²) in [6.45, 7) is 1.18. The number of hydrogen-bond donors (Lipinski definition) is 1. The van der Waals surface area contributed by atoms with E-state index in [9.17, 15) is 14.4 Å². The Morgan fingerprint density at radius 1 is 0.971 bits per heavy atom. The molecular weight excluding hydrogens is 436 g/mol. The van der Waals surface area contributed by atoms with E-state index in [-0.39, 0.29) is 23.5 Å². The highest BCUT2D eigenvalue weighted by Crippen LogP contribution is 2.31. The van der Waals surface area contributed by atoms with Crippen LogP contribution in [0.15, 0.2) is 72.8 Å². The van der Waals surface area contributed by atoms with Crippen LogP contribution in [0.4, 0.5) is 0 Å². The summed E-state index contributed by atoms with van der Waals surface area (Å²) < 4.78 is 0. The molecule has 5 heteroatoms. The summed E-state index contributed by atoms with van der Waals surface area (Å²) in [5, 5.41) is 5.59. The summed E-state index contributed by atoms with van der Waals surface area (Å²) in [4.78, 5) is 40.2. The molecule has 3 aromatic rings. The fourth-order valence-electron chi connectivity index (χ4n) is 5.68. The zero-order valence-corrected chi connectivity index (χ0v) is 20.0. The molecule has 0 bridgehead atoms. The number of fused-ring (bicyclic) bond motifs is 1. The number of likely N-dealkylation sites (tertiary alicyclic amines) is 1. The van der Waals surface area contributed by atoms with Gasteiger partial charge in [0.2, 0.25) is 11.8 Å². The van der Waals surface area contributed by atoms with Crippen molar-refractivity contribution in [2.45, 2.75) is 50.5 Å². The second-order valence-electron chi connectivity index (χ2n) is 10.1. The van der Waals surface area contributed by atoms with Gasteiger partial charge in [0.1, 0.15) is 0 Å². The van der Waals surface area contributed by atoms with Crippen LogP contribution in [0.1, 0.15) is 54.4 Å². The van der Waals surface area contributed by atoms with Crippen molar-refractivity contribution >= 4 is 28.4 Å². The van der Waals surface area contributed by atoms with Crippen molar-refractivity contribution < 1.29 is 14.4 Å². The van der Waals surface area contributed by atoms with Crippen LogP contribution < -0.4 is 5.32 Å². The molecule has 0 radical (unpaired) electrons. The highest BCUT2D eigenvalue weighted by atomic mass is 16.2. The van der Waals surface area contributed by atoms with Gasteiger partial charge in [-0.05, 0) is 48.4 Å². The maximum Gasteiger partial charge on any atom is 0.222 e. The molecule has 0 aromatic heterocycles. The van der Waals surface area contributed by atoms with Gasteiger partial charge in [-0.2, -0.15) is 0 Å². The summed E-state index contributed by atoms with van der Waals surface area (Å²) in [6.07, 6.45) is 4.60. The second kappa shape index (κ2) is 10.0. The maximum absolute atomic E-state index is 13.2. The highest BCUT2D eigenvalue weighted by Gasteiger charge is 2.38. The lowest BCUT2D eigenvalue weighted by atomic mass is 9.84. The third kappa shape index (κ3) is 5.29. The van der Waals surface area contributed by atoms with Crippen molar-refractivity contribution in [2.24, 2.45) is 5.92 Å². The number of rotatable bonds is 7. The third-order valence-corrected chi connectivity index (χ3v) is 7.61. The number of amides is 2. The predicted molar refractivity (Wildman–Crippen MR) is 137 cm³/mol. The lowest BCUT2D eigenvalue weighted by molar-refractivity contribution is -0.133. The molecule has 0 unspecified atom stereocenters. The average molecular weight is 469 g/mol. The molecule has 1 N–H and O–H groups in total. The van der Waals surface area contributed by atoms with Gasteiger partial charge in [-0.15, -0.1) is 0 Å². The second-order valence-corrected chi connectivity index (χ2v) is 10.1. The Morgan fingerprint density at radius 3 is 2.51 bits per heavy atom. The molecule has 0 aliphatic carbocycles. The smallest absolute Gasteiger partial charge is 0.222 e. The Balaban J connectivity index is 1.24. The molecule has 2 atom stereocenters. The van der Waals surface area contributed by atoms with Crippen LogP contribution in [0, 0.1) is 5.92 Å². The van der Waals surface area contributed by atoms with Gasteiger partial charge in [0.25, 0.3) is 0 Å². The van der Waals surface area contributed by atoms with E-state index in [1.807, 2.05) is 47.4 Å². The molecule has 35 heavy (non-hydrogen) atoms. The summed E-state index contributed by atoms with van der Waals surface area (Å²) in [5.41, 5.74) is 1.49. The van der Waals surface area contributed by atoms with Gasteiger partial charge in [0.15, 0.2) is 5.78 Å². The number of hydrogen-bond acceptors (Lipinski definition) is 3. The van der Waals surface area contributed by atoms with E-state index in [1.165, 1.54) is 16.3 Å². The summed E-state index contributed by atoms with van der Waals surface area (Å²) in [5.74, 6) is 0.117. The van der Waals surface area contributed by atoms with Gasteiger partial charge < -0.3 is 10.2 Å². The van der Waals surface area contributed by atoms with Crippen LogP contribution >= 0.6 is 0 Å². The van der Waals surface area contributed by atoms with E-state index >= 15 is 0 Å². The molecule has 0 saturated carbocycles. The molecule has 2 aliphatic rings. The van der Waals surface area contributed by atoms with Crippen LogP contribution in [0.2, 0.25) is 0 Å². The molecular formula is C30H32N2O3. The summed E-state index contributed by atoms with van der Waals surface area (Å²) in [6, 6.07) is 24.1. The fourth-order valence-corrected chi connectivity index (χ4v) is 5.68. The fraction of sp³-hybridized carbons (Fsp3) is 0.367. The molecule has 2 aliphatic heterocycles. The largest absolute Gasteiger partial charge is 0.350 e. The molecule has 180 valence electrons. The summed E-state index contributed by atoms with van der Waals surface area (Å²) in [7, 11) is 0. The van der Waals surface area contributed by atoms with Crippen LogP contribution in [-0.2, 0) is 16.0 Å². The number of Topliss-reactive ketones (excluding diaryl/α,β-unsaturated/α-hetero) is 1. The van der Waals surface area contributed by atoms with Crippen LogP contribution in [-0.4, -0.2) is 41.1 Å². The van der Waals surface area contributed by atoms with E-state index in [0.29, 0.717) is 38.8 Å².